The van der Waals surface area contributed by atoms with Crippen molar-refractivity contribution in [3.63, 3.8) is 0 Å². The summed E-state index contributed by atoms with van der Waals surface area (Å²) in [5, 5.41) is 0. The van der Waals surface area contributed by atoms with Gasteiger partial charge in [-0.1, -0.05) is 55.8 Å². The zero-order valence-electron chi connectivity index (χ0n) is 16.1. The smallest absolute Gasteiger partial charge is 0.227 e. The van der Waals surface area contributed by atoms with Gasteiger partial charge in [-0.2, -0.15) is 0 Å². The van der Waals surface area contributed by atoms with Crippen LogP contribution in [0.3, 0.4) is 0 Å². The van der Waals surface area contributed by atoms with E-state index in [1.165, 1.54) is 5.57 Å². The van der Waals surface area contributed by atoms with Gasteiger partial charge in [0.25, 0.3) is 0 Å². The highest BCUT2D eigenvalue weighted by atomic mass is 32.2. The van der Waals surface area contributed by atoms with Gasteiger partial charge in [0, 0.05) is 12.6 Å². The highest BCUT2D eigenvalue weighted by Crippen LogP contribution is 2.60. The standard InChI is InChI=1S/C21H29NO3S/c1-15(2)12-18-19(21(18,3)4)20(23)22(13-16-8-6-5-7-9-16)17-10-11-26(24,25)14-17/h5-9,12,17-19H,10-11,13-14H2,1-4H3/t17-,18+,19-/m1/s1. The van der Waals surface area contributed by atoms with Crippen molar-refractivity contribution in [1.29, 1.82) is 0 Å². The van der Waals surface area contributed by atoms with Crippen LogP contribution in [0, 0.1) is 17.3 Å². The maximum absolute atomic E-state index is 13.4. The molecule has 1 amide bonds. The Bertz CT molecular complexity index is 807. The third kappa shape index (κ3) is 3.88. The molecule has 0 radical (unpaired) electrons. The molecule has 0 N–H and O–H groups in total. The van der Waals surface area contributed by atoms with Gasteiger partial charge in [0.1, 0.15) is 0 Å². The molecule has 2 fully saturated rings. The lowest BCUT2D eigenvalue weighted by Gasteiger charge is -2.29. The lowest BCUT2D eigenvalue weighted by Crippen LogP contribution is -2.42. The van der Waals surface area contributed by atoms with Gasteiger partial charge in [-0.15, -0.1) is 0 Å². The maximum atomic E-state index is 13.4. The zero-order chi connectivity index (χ0) is 19.1. The number of carbonyl (C=O) groups excluding carboxylic acids is 1. The molecule has 1 saturated heterocycles. The number of benzene rings is 1. The van der Waals surface area contributed by atoms with Crippen LogP contribution in [-0.4, -0.2) is 36.8 Å². The number of hydrogen-bond acceptors (Lipinski definition) is 3. The summed E-state index contributed by atoms with van der Waals surface area (Å²) < 4.78 is 24.0. The number of amides is 1. The minimum Gasteiger partial charge on any atom is -0.334 e. The number of allylic oxidation sites excluding steroid dienone is 2. The first-order valence-corrected chi connectivity index (χ1v) is 11.1. The fraction of sp³-hybridized carbons (Fsp3) is 0.571. The molecule has 1 aliphatic carbocycles. The first kappa shape index (κ1) is 19.2. The van der Waals surface area contributed by atoms with E-state index in [2.05, 4.69) is 33.8 Å². The Morgan fingerprint density at radius 1 is 1.23 bits per heavy atom. The summed E-state index contributed by atoms with van der Waals surface area (Å²) in [6.45, 7) is 8.86. The molecule has 5 heteroatoms. The highest BCUT2D eigenvalue weighted by molar-refractivity contribution is 7.91. The second-order valence-electron chi connectivity index (χ2n) is 8.58. The van der Waals surface area contributed by atoms with E-state index in [4.69, 9.17) is 0 Å². The average Bonchev–Trinajstić information content (AvgIpc) is 2.89. The second-order valence-corrected chi connectivity index (χ2v) is 10.8. The van der Waals surface area contributed by atoms with E-state index in [0.717, 1.165) is 5.56 Å². The molecule has 2 aliphatic rings. The van der Waals surface area contributed by atoms with E-state index in [1.54, 1.807) is 0 Å². The minimum atomic E-state index is -3.04. The van der Waals surface area contributed by atoms with Crippen LogP contribution in [0.25, 0.3) is 0 Å². The number of hydrogen-bond donors (Lipinski definition) is 0. The molecule has 0 aromatic heterocycles. The summed E-state index contributed by atoms with van der Waals surface area (Å²) >= 11 is 0. The molecule has 142 valence electrons. The molecule has 1 aliphatic heterocycles. The summed E-state index contributed by atoms with van der Waals surface area (Å²) in [5.74, 6) is 0.539. The monoisotopic (exact) mass is 375 g/mol. The number of carbonyl (C=O) groups is 1. The van der Waals surface area contributed by atoms with Gasteiger partial charge in [-0.05, 0) is 37.2 Å². The van der Waals surface area contributed by atoms with Crippen molar-refractivity contribution in [2.45, 2.75) is 46.7 Å². The van der Waals surface area contributed by atoms with Gasteiger partial charge < -0.3 is 4.90 Å². The Morgan fingerprint density at radius 2 is 1.88 bits per heavy atom. The van der Waals surface area contributed by atoms with Crippen LogP contribution in [0.5, 0.6) is 0 Å². The Morgan fingerprint density at radius 3 is 2.42 bits per heavy atom. The molecule has 3 rings (SSSR count). The third-order valence-corrected chi connectivity index (χ3v) is 7.57. The summed E-state index contributed by atoms with van der Waals surface area (Å²) in [6.07, 6.45) is 2.73. The molecular formula is C21H29NO3S. The number of sulfone groups is 1. The van der Waals surface area contributed by atoms with E-state index < -0.39 is 9.84 Å². The Hall–Kier alpha value is -1.62. The molecule has 0 spiro atoms. The number of rotatable bonds is 5. The average molecular weight is 376 g/mol. The molecule has 0 unspecified atom stereocenters. The van der Waals surface area contributed by atoms with Gasteiger partial charge >= 0.3 is 0 Å². The van der Waals surface area contributed by atoms with Crippen molar-refractivity contribution < 1.29 is 13.2 Å². The first-order valence-electron chi connectivity index (χ1n) is 9.31. The quantitative estimate of drug-likeness (QED) is 0.741. The molecular weight excluding hydrogens is 346 g/mol. The summed E-state index contributed by atoms with van der Waals surface area (Å²) in [5.41, 5.74) is 2.19. The van der Waals surface area contributed by atoms with Gasteiger partial charge in [0.15, 0.2) is 9.84 Å². The normalized spacial score (nSPS) is 28.4. The summed E-state index contributed by atoms with van der Waals surface area (Å²) in [6, 6.07) is 9.64. The van der Waals surface area contributed by atoms with Crippen molar-refractivity contribution in [3.8, 4) is 0 Å². The lowest BCUT2D eigenvalue weighted by atomic mass is 10.1. The molecule has 4 nitrogen and oxygen atoms in total. The predicted octanol–water partition coefficient (Wildman–Crippen LogP) is 3.44. The van der Waals surface area contributed by atoms with E-state index in [9.17, 15) is 13.2 Å². The van der Waals surface area contributed by atoms with Gasteiger partial charge in [-0.25, -0.2) is 8.42 Å². The van der Waals surface area contributed by atoms with Gasteiger partial charge in [0.2, 0.25) is 5.91 Å². The highest BCUT2D eigenvalue weighted by Gasteiger charge is 2.61. The second kappa shape index (κ2) is 6.84. The van der Waals surface area contributed by atoms with E-state index in [-0.39, 0.29) is 40.7 Å². The van der Waals surface area contributed by atoms with E-state index in [0.29, 0.717) is 13.0 Å². The fourth-order valence-corrected chi connectivity index (χ4v) is 5.92. The Labute approximate surface area is 157 Å². The first-order chi connectivity index (χ1) is 12.1. The molecule has 0 bridgehead atoms. The molecule has 1 heterocycles. The van der Waals surface area contributed by atoms with Crippen LogP contribution >= 0.6 is 0 Å². The Kier molecular flexibility index (Phi) is 5.04. The van der Waals surface area contributed by atoms with E-state index in [1.807, 2.05) is 35.2 Å². The largest absolute Gasteiger partial charge is 0.334 e. The SMILES string of the molecule is CC(C)=C[C@H]1[C@H](C(=O)N(Cc2ccccc2)[C@@H]2CCS(=O)(=O)C2)C1(C)C. The zero-order valence-corrected chi connectivity index (χ0v) is 16.9. The molecule has 3 atom stereocenters. The van der Waals surface area contributed by atoms with Crippen molar-refractivity contribution >= 4 is 15.7 Å². The summed E-state index contributed by atoms with van der Waals surface area (Å²) in [7, 11) is -3.04. The van der Waals surface area contributed by atoms with Crippen molar-refractivity contribution in [1.82, 2.24) is 4.90 Å². The summed E-state index contributed by atoms with van der Waals surface area (Å²) in [4.78, 5) is 15.3. The number of nitrogens with zero attached hydrogens (tertiary/aromatic N) is 1. The molecule has 1 aromatic carbocycles. The van der Waals surface area contributed by atoms with Gasteiger partial charge in [0.05, 0.1) is 17.4 Å². The van der Waals surface area contributed by atoms with Crippen LogP contribution in [0.15, 0.2) is 42.0 Å². The lowest BCUT2D eigenvalue weighted by molar-refractivity contribution is -0.136. The third-order valence-electron chi connectivity index (χ3n) is 5.82. The van der Waals surface area contributed by atoms with Crippen LogP contribution in [-0.2, 0) is 21.2 Å². The predicted molar refractivity (Wildman–Crippen MR) is 104 cm³/mol. The van der Waals surface area contributed by atoms with E-state index >= 15 is 0 Å². The molecule has 1 saturated carbocycles. The van der Waals surface area contributed by atoms with Crippen molar-refractivity contribution in [2.75, 3.05) is 11.5 Å². The Balaban J connectivity index is 1.86. The molecule has 26 heavy (non-hydrogen) atoms. The maximum Gasteiger partial charge on any atom is 0.227 e. The molecule has 1 aromatic rings. The van der Waals surface area contributed by atoms with Crippen LogP contribution in [0.1, 0.15) is 39.7 Å². The van der Waals surface area contributed by atoms with Crippen LogP contribution < -0.4 is 0 Å². The fourth-order valence-electron chi connectivity index (χ4n) is 4.19. The topological polar surface area (TPSA) is 54.5 Å². The van der Waals surface area contributed by atoms with Crippen molar-refractivity contribution in [3.05, 3.63) is 47.5 Å². The van der Waals surface area contributed by atoms with Crippen LogP contribution in [0.4, 0.5) is 0 Å². The van der Waals surface area contributed by atoms with Crippen molar-refractivity contribution in [2.24, 2.45) is 17.3 Å². The minimum absolute atomic E-state index is 0.0654. The van der Waals surface area contributed by atoms with Gasteiger partial charge in [-0.3, -0.25) is 4.79 Å². The van der Waals surface area contributed by atoms with Crippen LogP contribution in [0.2, 0.25) is 0 Å².